The summed E-state index contributed by atoms with van der Waals surface area (Å²) in [4.78, 5) is 1.53. The lowest BCUT2D eigenvalue weighted by molar-refractivity contribution is -0.0518. The number of fused-ring (bicyclic) bond motifs is 1. The van der Waals surface area contributed by atoms with Crippen molar-refractivity contribution in [3.63, 3.8) is 0 Å². The van der Waals surface area contributed by atoms with Gasteiger partial charge in [0.05, 0.1) is 0 Å². The Morgan fingerprint density at radius 1 is 1.14 bits per heavy atom. The van der Waals surface area contributed by atoms with E-state index in [4.69, 9.17) is 22.4 Å². The summed E-state index contributed by atoms with van der Waals surface area (Å²) < 4.78 is 69.8. The van der Waals surface area contributed by atoms with Gasteiger partial charge in [-0.2, -0.15) is 13.2 Å². The van der Waals surface area contributed by atoms with Gasteiger partial charge in [-0.3, -0.25) is 0 Å². The number of methoxy groups -OCH3 is 1. The molecule has 5 nitrogen and oxygen atoms in total. The van der Waals surface area contributed by atoms with Gasteiger partial charge >= 0.3 is 5.51 Å². The van der Waals surface area contributed by atoms with Crippen LogP contribution in [-0.2, 0) is 25.7 Å². The third kappa shape index (κ3) is 6.00. The van der Waals surface area contributed by atoms with Gasteiger partial charge in [-0.1, -0.05) is 12.1 Å². The van der Waals surface area contributed by atoms with E-state index in [9.17, 15) is 13.2 Å². The van der Waals surface area contributed by atoms with Crippen molar-refractivity contribution >= 4 is 31.8 Å². The van der Waals surface area contributed by atoms with Crippen LogP contribution in [0, 0.1) is 0 Å². The van der Waals surface area contributed by atoms with Gasteiger partial charge in [-0.15, -0.1) is 0 Å². The van der Waals surface area contributed by atoms with E-state index in [0.717, 1.165) is 5.75 Å². The van der Waals surface area contributed by atoms with Gasteiger partial charge in [0.2, 0.25) is 0 Å². The summed E-state index contributed by atoms with van der Waals surface area (Å²) >= 11 is 0. The highest BCUT2D eigenvalue weighted by atomic mass is 32.2. The molecule has 0 aliphatic carbocycles. The van der Waals surface area contributed by atoms with E-state index in [0.29, 0.717) is 10.9 Å². The van der Waals surface area contributed by atoms with Crippen molar-refractivity contribution in [2.24, 2.45) is 0 Å². The quantitative estimate of drug-likeness (QED) is 0.312. The molecule has 1 fully saturated rings. The molecule has 0 radical (unpaired) electrons. The highest BCUT2D eigenvalue weighted by Gasteiger charge is 2.37. The Morgan fingerprint density at radius 2 is 1.75 bits per heavy atom. The molecule has 156 valence electrons. The molecule has 1 aliphatic heterocycles. The molecule has 2 aromatic rings. The lowest BCUT2D eigenvalue weighted by Crippen LogP contribution is -2.21. The summed E-state index contributed by atoms with van der Waals surface area (Å²) in [7, 11) is -3.98. The summed E-state index contributed by atoms with van der Waals surface area (Å²) in [5, 5.41) is 2.65. The molecule has 1 aliphatic rings. The molecule has 1 unspecified atom stereocenters. The standard InChI is InChI=1S/C17H21O2S.CHF3O3S/c1-13(18-2)19-15-8-9-16-14(12-15)6-5-7-17(16)20-10-3-4-11-20;2-1(3,4)8(5,6)7/h5-9,12-13H,3-4,10-11H2,1-2H3;(H,5,6,7)/q+1;/p-1. The van der Waals surface area contributed by atoms with Crippen LogP contribution >= 0.6 is 0 Å². The van der Waals surface area contributed by atoms with Gasteiger partial charge in [0.25, 0.3) is 0 Å². The Labute approximate surface area is 164 Å². The minimum absolute atomic E-state index is 0.215. The minimum Gasteiger partial charge on any atom is -0.741 e. The highest BCUT2D eigenvalue weighted by Crippen LogP contribution is 2.31. The fraction of sp³-hybridized carbons (Fsp3) is 0.444. The average Bonchev–Trinajstić information content (AvgIpc) is 3.14. The number of hydrogen-bond acceptors (Lipinski definition) is 5. The maximum atomic E-state index is 10.7. The van der Waals surface area contributed by atoms with E-state index >= 15 is 0 Å². The SMILES string of the molecule is COC(C)Oc1ccc2c([S+]3CCCC3)cccc2c1.O=S(=O)([O-])C(F)(F)F. The molecule has 0 amide bonds. The van der Waals surface area contributed by atoms with E-state index in [1.807, 2.05) is 6.92 Å². The van der Waals surface area contributed by atoms with Crippen LogP contribution in [0.25, 0.3) is 10.8 Å². The first-order valence-corrected chi connectivity index (χ1v) is 11.4. The number of hydrogen-bond donors (Lipinski definition) is 0. The summed E-state index contributed by atoms with van der Waals surface area (Å²) in [5.41, 5.74) is -5.65. The molecule has 0 spiro atoms. The van der Waals surface area contributed by atoms with Crippen LogP contribution in [0.3, 0.4) is 0 Å². The minimum atomic E-state index is -6.09. The Hall–Kier alpha value is -1.49. The van der Waals surface area contributed by atoms with Crippen molar-refractivity contribution in [1.29, 1.82) is 0 Å². The largest absolute Gasteiger partial charge is 0.741 e. The first-order chi connectivity index (χ1) is 13.0. The van der Waals surface area contributed by atoms with Gasteiger partial charge in [-0.25, -0.2) is 8.42 Å². The van der Waals surface area contributed by atoms with Gasteiger partial charge in [0, 0.05) is 23.4 Å². The van der Waals surface area contributed by atoms with Crippen LogP contribution in [0.5, 0.6) is 5.75 Å². The molecule has 3 rings (SSSR count). The van der Waals surface area contributed by atoms with E-state index in [-0.39, 0.29) is 6.29 Å². The summed E-state index contributed by atoms with van der Waals surface area (Å²) in [6.07, 6.45) is 2.55. The normalized spacial score (nSPS) is 16.5. The molecule has 1 saturated heterocycles. The molecular weight excluding hydrogens is 417 g/mol. The summed E-state index contributed by atoms with van der Waals surface area (Å²) in [5.74, 6) is 3.59. The molecule has 1 heterocycles. The van der Waals surface area contributed by atoms with Crippen LogP contribution in [-0.4, -0.2) is 43.4 Å². The van der Waals surface area contributed by atoms with Crippen LogP contribution in [0.1, 0.15) is 19.8 Å². The fourth-order valence-electron chi connectivity index (χ4n) is 2.67. The monoisotopic (exact) mass is 438 g/mol. The molecule has 0 N–H and O–H groups in total. The van der Waals surface area contributed by atoms with Crippen LogP contribution in [0.4, 0.5) is 13.2 Å². The zero-order valence-electron chi connectivity index (χ0n) is 15.4. The number of benzene rings is 2. The molecular formula is C18H21F3O5S2. The maximum absolute atomic E-state index is 10.7. The van der Waals surface area contributed by atoms with Crippen molar-refractivity contribution < 1.29 is 35.6 Å². The van der Waals surface area contributed by atoms with Crippen LogP contribution < -0.4 is 4.74 Å². The summed E-state index contributed by atoms with van der Waals surface area (Å²) in [6.45, 7) is 1.90. The Kier molecular flexibility index (Phi) is 7.60. The van der Waals surface area contributed by atoms with E-state index in [2.05, 4.69) is 36.4 Å². The second-order valence-electron chi connectivity index (χ2n) is 6.07. The average molecular weight is 438 g/mol. The zero-order valence-corrected chi connectivity index (χ0v) is 17.0. The van der Waals surface area contributed by atoms with Gasteiger partial charge in [0.1, 0.15) is 17.3 Å². The Bertz CT molecular complexity index is 894. The van der Waals surface area contributed by atoms with Gasteiger partial charge < -0.3 is 14.0 Å². The zero-order chi connectivity index (χ0) is 20.9. The van der Waals surface area contributed by atoms with E-state index in [1.54, 1.807) is 7.11 Å². The van der Waals surface area contributed by atoms with Crippen molar-refractivity contribution in [3.8, 4) is 5.75 Å². The molecule has 1 atom stereocenters. The summed E-state index contributed by atoms with van der Waals surface area (Å²) in [6, 6.07) is 13.0. The number of ether oxygens (including phenoxy) is 2. The fourth-order valence-corrected chi connectivity index (χ4v) is 5.19. The van der Waals surface area contributed by atoms with Gasteiger partial charge in [0.15, 0.2) is 21.3 Å². The molecule has 2 aromatic carbocycles. The topological polar surface area (TPSA) is 75.7 Å². The second-order valence-corrected chi connectivity index (χ2v) is 9.68. The first kappa shape index (κ1) is 22.8. The number of rotatable bonds is 4. The van der Waals surface area contributed by atoms with Gasteiger partial charge in [-0.05, 0) is 49.4 Å². The third-order valence-electron chi connectivity index (χ3n) is 4.07. The Morgan fingerprint density at radius 3 is 2.29 bits per heavy atom. The maximum Gasteiger partial charge on any atom is 0.485 e. The van der Waals surface area contributed by atoms with Crippen molar-refractivity contribution in [1.82, 2.24) is 0 Å². The predicted octanol–water partition coefficient (Wildman–Crippen LogP) is 4.03. The first-order valence-electron chi connectivity index (χ1n) is 8.45. The second kappa shape index (κ2) is 9.34. The van der Waals surface area contributed by atoms with Crippen LogP contribution in [0.2, 0.25) is 0 Å². The van der Waals surface area contributed by atoms with Crippen molar-refractivity contribution in [2.75, 3.05) is 18.6 Å². The third-order valence-corrected chi connectivity index (χ3v) is 7.18. The number of halogens is 3. The molecule has 10 heteroatoms. The van der Waals surface area contributed by atoms with Crippen molar-refractivity contribution in [3.05, 3.63) is 36.4 Å². The van der Waals surface area contributed by atoms with E-state index < -0.39 is 15.6 Å². The van der Waals surface area contributed by atoms with E-state index in [1.165, 1.54) is 40.0 Å². The number of alkyl halides is 3. The highest BCUT2D eigenvalue weighted by molar-refractivity contribution is 7.97. The lowest BCUT2D eigenvalue weighted by Gasteiger charge is -2.13. The molecule has 0 saturated carbocycles. The molecule has 28 heavy (non-hydrogen) atoms. The molecule has 0 aromatic heterocycles. The Balaban J connectivity index is 0.000000300. The molecule has 0 bridgehead atoms. The smallest absolute Gasteiger partial charge is 0.485 e. The predicted molar refractivity (Wildman–Crippen MR) is 101 cm³/mol. The van der Waals surface area contributed by atoms with Crippen molar-refractivity contribution in [2.45, 2.75) is 36.5 Å². The lowest BCUT2D eigenvalue weighted by atomic mass is 10.1. The van der Waals surface area contributed by atoms with Crippen LogP contribution in [0.15, 0.2) is 41.3 Å².